The first-order chi connectivity index (χ1) is 10.7. The largest absolute Gasteiger partial charge is 0.494 e. The minimum atomic E-state index is -0.215. The van der Waals surface area contributed by atoms with Crippen molar-refractivity contribution in [3.63, 3.8) is 0 Å². The predicted octanol–water partition coefficient (Wildman–Crippen LogP) is 3.75. The van der Waals surface area contributed by atoms with Gasteiger partial charge in [0.25, 0.3) is 0 Å². The number of benzene rings is 2. The van der Waals surface area contributed by atoms with E-state index < -0.39 is 0 Å². The standard InChI is InChI=1S/C17H19FN2OS/c1-2-21-16-8-6-15(7-9-16)20-17(22)19-11-10-13-4-3-5-14(18)12-13/h3-9,12H,2,10-11H2,1H3,(H2,19,20,22). The average Bonchev–Trinajstić information content (AvgIpc) is 2.50. The summed E-state index contributed by atoms with van der Waals surface area (Å²) in [6.45, 7) is 3.24. The molecule has 3 nitrogen and oxygen atoms in total. The molecule has 0 spiro atoms. The Labute approximate surface area is 135 Å². The normalized spacial score (nSPS) is 10.1. The van der Waals surface area contributed by atoms with Crippen LogP contribution in [0.5, 0.6) is 5.75 Å². The summed E-state index contributed by atoms with van der Waals surface area (Å²) in [7, 11) is 0. The van der Waals surface area contributed by atoms with E-state index >= 15 is 0 Å². The zero-order valence-corrected chi connectivity index (χ0v) is 13.3. The van der Waals surface area contributed by atoms with E-state index in [0.717, 1.165) is 17.0 Å². The molecule has 0 amide bonds. The van der Waals surface area contributed by atoms with E-state index in [1.807, 2.05) is 37.3 Å². The third-order valence-electron chi connectivity index (χ3n) is 3.01. The van der Waals surface area contributed by atoms with E-state index in [2.05, 4.69) is 10.6 Å². The molecule has 2 aromatic carbocycles. The molecule has 0 aromatic heterocycles. The van der Waals surface area contributed by atoms with Crippen molar-refractivity contribution < 1.29 is 9.13 Å². The van der Waals surface area contributed by atoms with Crippen LogP contribution >= 0.6 is 12.2 Å². The average molecular weight is 318 g/mol. The Bertz CT molecular complexity index is 616. The third kappa shape index (κ3) is 5.33. The van der Waals surface area contributed by atoms with E-state index in [0.29, 0.717) is 24.7 Å². The van der Waals surface area contributed by atoms with Crippen molar-refractivity contribution in [3.8, 4) is 5.75 Å². The Morgan fingerprint density at radius 1 is 1.18 bits per heavy atom. The Kier molecular flexibility index (Phi) is 6.15. The lowest BCUT2D eigenvalue weighted by Gasteiger charge is -2.11. The van der Waals surface area contributed by atoms with Gasteiger partial charge in [-0.1, -0.05) is 12.1 Å². The topological polar surface area (TPSA) is 33.3 Å². The molecule has 0 bridgehead atoms. The number of nitrogens with one attached hydrogen (secondary N) is 2. The first kappa shape index (κ1) is 16.2. The first-order valence-corrected chi connectivity index (χ1v) is 7.60. The number of hydrogen-bond donors (Lipinski definition) is 2. The molecule has 0 unspecified atom stereocenters. The van der Waals surface area contributed by atoms with Crippen LogP contribution in [0.2, 0.25) is 0 Å². The zero-order valence-electron chi connectivity index (χ0n) is 12.4. The van der Waals surface area contributed by atoms with Gasteiger partial charge < -0.3 is 15.4 Å². The molecule has 22 heavy (non-hydrogen) atoms. The number of ether oxygens (including phenoxy) is 1. The molecule has 0 heterocycles. The molecular formula is C17H19FN2OS. The summed E-state index contributed by atoms with van der Waals surface area (Å²) in [6, 6.07) is 14.2. The van der Waals surface area contributed by atoms with Crippen molar-refractivity contribution in [1.82, 2.24) is 5.32 Å². The van der Waals surface area contributed by atoms with E-state index in [-0.39, 0.29) is 5.82 Å². The quantitative estimate of drug-likeness (QED) is 0.795. The van der Waals surface area contributed by atoms with Gasteiger partial charge in [-0.3, -0.25) is 0 Å². The van der Waals surface area contributed by atoms with Crippen molar-refractivity contribution in [3.05, 3.63) is 59.9 Å². The van der Waals surface area contributed by atoms with Crippen molar-refractivity contribution in [2.75, 3.05) is 18.5 Å². The highest BCUT2D eigenvalue weighted by atomic mass is 32.1. The number of rotatable bonds is 6. The Morgan fingerprint density at radius 3 is 2.64 bits per heavy atom. The van der Waals surface area contributed by atoms with Crippen molar-refractivity contribution >= 4 is 23.0 Å². The lowest BCUT2D eigenvalue weighted by Crippen LogP contribution is -2.30. The molecule has 0 fully saturated rings. The number of thiocarbonyl (C=S) groups is 1. The molecule has 0 aliphatic heterocycles. The van der Waals surface area contributed by atoms with Gasteiger partial charge in [-0.25, -0.2) is 4.39 Å². The predicted molar refractivity (Wildman–Crippen MR) is 91.9 cm³/mol. The molecule has 0 saturated carbocycles. The van der Waals surface area contributed by atoms with Gasteiger partial charge in [0.1, 0.15) is 11.6 Å². The van der Waals surface area contributed by atoms with Gasteiger partial charge in [-0.2, -0.15) is 0 Å². The minimum Gasteiger partial charge on any atom is -0.494 e. The van der Waals surface area contributed by atoms with Gasteiger partial charge in [0.05, 0.1) is 6.61 Å². The summed E-state index contributed by atoms with van der Waals surface area (Å²) in [5.74, 6) is 0.616. The van der Waals surface area contributed by atoms with Crippen LogP contribution in [0, 0.1) is 5.82 Å². The van der Waals surface area contributed by atoms with E-state index in [1.54, 1.807) is 6.07 Å². The molecule has 0 saturated heterocycles. The molecule has 0 radical (unpaired) electrons. The lowest BCUT2D eigenvalue weighted by molar-refractivity contribution is 0.340. The van der Waals surface area contributed by atoms with Gasteiger partial charge >= 0.3 is 0 Å². The SMILES string of the molecule is CCOc1ccc(NC(=S)NCCc2cccc(F)c2)cc1. The summed E-state index contributed by atoms with van der Waals surface area (Å²) in [5.41, 5.74) is 1.84. The maximum atomic E-state index is 13.1. The van der Waals surface area contributed by atoms with Crippen molar-refractivity contribution in [2.24, 2.45) is 0 Å². The third-order valence-corrected chi connectivity index (χ3v) is 3.26. The molecule has 0 aliphatic carbocycles. The number of anilines is 1. The first-order valence-electron chi connectivity index (χ1n) is 7.19. The maximum absolute atomic E-state index is 13.1. The fourth-order valence-electron chi connectivity index (χ4n) is 1.99. The number of halogens is 1. The Morgan fingerprint density at radius 2 is 1.95 bits per heavy atom. The summed E-state index contributed by atoms with van der Waals surface area (Å²) in [5, 5.41) is 6.75. The van der Waals surface area contributed by atoms with Gasteiger partial charge in [0.15, 0.2) is 5.11 Å². The monoisotopic (exact) mass is 318 g/mol. The summed E-state index contributed by atoms with van der Waals surface area (Å²) < 4.78 is 18.4. The van der Waals surface area contributed by atoms with Crippen molar-refractivity contribution in [2.45, 2.75) is 13.3 Å². The highest BCUT2D eigenvalue weighted by Gasteiger charge is 2.00. The van der Waals surface area contributed by atoms with Crippen LogP contribution < -0.4 is 15.4 Å². The van der Waals surface area contributed by atoms with Crippen LogP contribution in [0.25, 0.3) is 0 Å². The summed E-state index contributed by atoms with van der Waals surface area (Å²) in [6.07, 6.45) is 0.711. The molecule has 116 valence electrons. The van der Waals surface area contributed by atoms with Gasteiger partial charge in [-0.15, -0.1) is 0 Å². The van der Waals surface area contributed by atoms with E-state index in [4.69, 9.17) is 17.0 Å². The second kappa shape index (κ2) is 8.34. The molecule has 5 heteroatoms. The second-order valence-corrected chi connectivity index (χ2v) is 5.13. The summed E-state index contributed by atoms with van der Waals surface area (Å²) >= 11 is 5.23. The van der Waals surface area contributed by atoms with E-state index in [9.17, 15) is 4.39 Å². The fourth-order valence-corrected chi connectivity index (χ4v) is 2.21. The van der Waals surface area contributed by atoms with Crippen LogP contribution in [0.3, 0.4) is 0 Å². The van der Waals surface area contributed by atoms with Crippen LogP contribution in [0.4, 0.5) is 10.1 Å². The second-order valence-electron chi connectivity index (χ2n) is 4.72. The molecule has 2 N–H and O–H groups in total. The van der Waals surface area contributed by atoms with Crippen LogP contribution in [-0.2, 0) is 6.42 Å². The smallest absolute Gasteiger partial charge is 0.170 e. The van der Waals surface area contributed by atoms with Gasteiger partial charge in [0.2, 0.25) is 0 Å². The van der Waals surface area contributed by atoms with Crippen LogP contribution in [-0.4, -0.2) is 18.3 Å². The zero-order chi connectivity index (χ0) is 15.8. The molecule has 0 aliphatic rings. The van der Waals surface area contributed by atoms with Gasteiger partial charge in [-0.05, 0) is 67.5 Å². The fraction of sp³-hybridized carbons (Fsp3) is 0.235. The highest BCUT2D eigenvalue weighted by Crippen LogP contribution is 2.15. The summed E-state index contributed by atoms with van der Waals surface area (Å²) in [4.78, 5) is 0. The van der Waals surface area contributed by atoms with Gasteiger partial charge in [0, 0.05) is 12.2 Å². The van der Waals surface area contributed by atoms with Crippen LogP contribution in [0.1, 0.15) is 12.5 Å². The highest BCUT2D eigenvalue weighted by molar-refractivity contribution is 7.80. The molecule has 2 aromatic rings. The van der Waals surface area contributed by atoms with E-state index in [1.165, 1.54) is 12.1 Å². The number of hydrogen-bond acceptors (Lipinski definition) is 2. The Hall–Kier alpha value is -2.14. The molecular weight excluding hydrogens is 299 g/mol. The Balaban J connectivity index is 1.75. The van der Waals surface area contributed by atoms with Crippen LogP contribution in [0.15, 0.2) is 48.5 Å². The molecule has 2 rings (SSSR count). The molecule has 0 atom stereocenters. The lowest BCUT2D eigenvalue weighted by atomic mass is 10.1. The maximum Gasteiger partial charge on any atom is 0.170 e. The minimum absolute atomic E-state index is 0.215. The van der Waals surface area contributed by atoms with Crippen molar-refractivity contribution in [1.29, 1.82) is 0 Å².